The summed E-state index contributed by atoms with van der Waals surface area (Å²) in [7, 11) is 2.01. The lowest BCUT2D eigenvalue weighted by molar-refractivity contribution is -0.117. The molecule has 5 rings (SSSR count). The van der Waals surface area contributed by atoms with Crippen molar-refractivity contribution in [3.8, 4) is 11.1 Å². The average Bonchev–Trinajstić information content (AvgIpc) is 3.39. The van der Waals surface area contributed by atoms with E-state index in [1.54, 1.807) is 6.20 Å². The summed E-state index contributed by atoms with van der Waals surface area (Å²) in [5, 5.41) is 9.43. The van der Waals surface area contributed by atoms with Crippen molar-refractivity contribution in [2.45, 2.75) is 38.4 Å². The maximum Gasteiger partial charge on any atom is 0.239 e. The minimum Gasteiger partial charge on any atom is -0.310 e. The fraction of sp³-hybridized carbons (Fsp3) is 0.480. The predicted molar refractivity (Wildman–Crippen MR) is 128 cm³/mol. The normalized spacial score (nSPS) is 19.9. The molecular weight excluding hydrogens is 419 g/mol. The number of aromatic nitrogens is 3. The van der Waals surface area contributed by atoms with Crippen LogP contribution >= 0.6 is 0 Å². The van der Waals surface area contributed by atoms with E-state index in [0.29, 0.717) is 25.3 Å². The van der Waals surface area contributed by atoms with Gasteiger partial charge in [-0.15, -0.1) is 0 Å². The summed E-state index contributed by atoms with van der Waals surface area (Å²) in [6.07, 6.45) is 7.23. The fourth-order valence-corrected chi connectivity index (χ4v) is 4.91. The Kier molecular flexibility index (Phi) is 6.37. The van der Waals surface area contributed by atoms with Crippen LogP contribution in [0.2, 0.25) is 0 Å². The molecule has 0 unspecified atom stereocenters. The highest BCUT2D eigenvalue weighted by Gasteiger charge is 2.23. The summed E-state index contributed by atoms with van der Waals surface area (Å²) in [5.74, 6) is 0.351. The molecule has 1 atom stereocenters. The van der Waals surface area contributed by atoms with Gasteiger partial charge in [0, 0.05) is 43.8 Å². The van der Waals surface area contributed by atoms with Gasteiger partial charge in [-0.25, -0.2) is 9.37 Å². The molecule has 33 heavy (non-hydrogen) atoms. The number of alkyl halides is 1. The number of aryl methyl sites for hydroxylation is 1. The molecule has 2 saturated heterocycles. The first-order valence-corrected chi connectivity index (χ1v) is 11.8. The number of carbonyl (C=O) groups excluding carboxylic acids is 1. The van der Waals surface area contributed by atoms with Gasteiger partial charge in [0.25, 0.3) is 0 Å². The molecule has 174 valence electrons. The number of fused-ring (bicyclic) bond motifs is 1. The quantitative estimate of drug-likeness (QED) is 0.622. The number of rotatable bonds is 6. The van der Waals surface area contributed by atoms with Gasteiger partial charge >= 0.3 is 0 Å². The van der Waals surface area contributed by atoms with Crippen LogP contribution in [0, 0.1) is 0 Å². The van der Waals surface area contributed by atoms with Crippen molar-refractivity contribution in [3.63, 3.8) is 0 Å². The summed E-state index contributed by atoms with van der Waals surface area (Å²) >= 11 is 0. The Balaban J connectivity index is 1.34. The zero-order chi connectivity index (χ0) is 22.8. The first kappa shape index (κ1) is 22.0. The third-order valence-corrected chi connectivity index (χ3v) is 6.77. The van der Waals surface area contributed by atoms with Crippen LogP contribution in [0.1, 0.15) is 31.4 Å². The van der Waals surface area contributed by atoms with Gasteiger partial charge in [-0.2, -0.15) is 5.10 Å². The van der Waals surface area contributed by atoms with E-state index in [4.69, 9.17) is 0 Å². The summed E-state index contributed by atoms with van der Waals surface area (Å²) in [6, 6.07) is 8.21. The van der Waals surface area contributed by atoms with Crippen molar-refractivity contribution in [2.24, 2.45) is 7.05 Å². The topological polar surface area (TPSA) is 66.3 Å². The number of hydrogen-bond donors (Lipinski definition) is 1. The number of nitrogens with one attached hydrogen (secondary N) is 1. The van der Waals surface area contributed by atoms with Gasteiger partial charge in [-0.3, -0.25) is 19.3 Å². The SMILES string of the molecule is Cn1ncc(-c2ccc3cnc(NC(=O)CN4CC[C@@H](F)C4)cc3c2)c1CN1CCCCC1. The molecule has 2 aliphatic rings. The molecule has 2 fully saturated rings. The minimum atomic E-state index is -0.831. The summed E-state index contributed by atoms with van der Waals surface area (Å²) in [4.78, 5) is 21.1. The first-order valence-electron chi connectivity index (χ1n) is 11.8. The molecule has 0 aliphatic carbocycles. The van der Waals surface area contributed by atoms with Crippen LogP contribution < -0.4 is 5.32 Å². The second kappa shape index (κ2) is 9.57. The van der Waals surface area contributed by atoms with Gasteiger partial charge in [0.2, 0.25) is 5.91 Å². The van der Waals surface area contributed by atoms with Crippen molar-refractivity contribution >= 4 is 22.5 Å². The number of halogens is 1. The van der Waals surface area contributed by atoms with Crippen LogP contribution in [0.4, 0.5) is 10.2 Å². The minimum absolute atomic E-state index is 0.164. The molecule has 2 aliphatic heterocycles. The van der Waals surface area contributed by atoms with Crippen LogP contribution in [-0.4, -0.2) is 69.4 Å². The average molecular weight is 451 g/mol. The monoisotopic (exact) mass is 450 g/mol. The van der Waals surface area contributed by atoms with Gasteiger partial charge in [0.05, 0.1) is 18.4 Å². The zero-order valence-electron chi connectivity index (χ0n) is 19.1. The summed E-state index contributed by atoms with van der Waals surface area (Å²) in [6.45, 7) is 4.31. The van der Waals surface area contributed by atoms with Crippen molar-refractivity contribution in [1.82, 2.24) is 24.6 Å². The molecular formula is C25H31FN6O. The van der Waals surface area contributed by atoms with E-state index >= 15 is 0 Å². The number of nitrogens with zero attached hydrogens (tertiary/aromatic N) is 5. The molecule has 2 aromatic heterocycles. The van der Waals surface area contributed by atoms with Crippen LogP contribution in [0.5, 0.6) is 0 Å². The lowest BCUT2D eigenvalue weighted by Crippen LogP contribution is -2.32. The van der Waals surface area contributed by atoms with Crippen LogP contribution in [-0.2, 0) is 18.4 Å². The largest absolute Gasteiger partial charge is 0.310 e. The second-order valence-corrected chi connectivity index (χ2v) is 9.27. The first-order chi connectivity index (χ1) is 16.0. The maximum atomic E-state index is 13.4. The smallest absolute Gasteiger partial charge is 0.239 e. The molecule has 4 heterocycles. The Bertz CT molecular complexity index is 1140. The number of anilines is 1. The van der Waals surface area contributed by atoms with Crippen LogP contribution in [0.3, 0.4) is 0 Å². The van der Waals surface area contributed by atoms with E-state index in [1.165, 1.54) is 25.0 Å². The molecule has 0 radical (unpaired) electrons. The van der Waals surface area contributed by atoms with E-state index in [-0.39, 0.29) is 12.5 Å². The lowest BCUT2D eigenvalue weighted by Gasteiger charge is -2.26. The zero-order valence-corrected chi connectivity index (χ0v) is 19.1. The molecule has 0 bridgehead atoms. The van der Waals surface area contributed by atoms with Gasteiger partial charge in [-0.1, -0.05) is 18.6 Å². The third kappa shape index (κ3) is 5.07. The third-order valence-electron chi connectivity index (χ3n) is 6.77. The second-order valence-electron chi connectivity index (χ2n) is 9.27. The Morgan fingerprint density at radius 3 is 2.73 bits per heavy atom. The molecule has 1 N–H and O–H groups in total. The molecule has 1 amide bonds. The highest BCUT2D eigenvalue weighted by atomic mass is 19.1. The van der Waals surface area contributed by atoms with E-state index < -0.39 is 6.17 Å². The number of benzene rings is 1. The van der Waals surface area contributed by atoms with Crippen molar-refractivity contribution in [1.29, 1.82) is 0 Å². The molecule has 8 heteroatoms. The molecule has 0 saturated carbocycles. The number of amides is 1. The van der Waals surface area contributed by atoms with Crippen LogP contribution in [0.15, 0.2) is 36.7 Å². The van der Waals surface area contributed by atoms with Crippen molar-refractivity contribution < 1.29 is 9.18 Å². The number of likely N-dealkylation sites (tertiary alicyclic amines) is 2. The van der Waals surface area contributed by atoms with Crippen LogP contribution in [0.25, 0.3) is 21.9 Å². The molecule has 3 aromatic rings. The van der Waals surface area contributed by atoms with E-state index in [2.05, 4.69) is 38.5 Å². The number of hydrogen-bond acceptors (Lipinski definition) is 5. The lowest BCUT2D eigenvalue weighted by atomic mass is 10.0. The fourth-order valence-electron chi connectivity index (χ4n) is 4.91. The molecule has 1 aromatic carbocycles. The summed E-state index contributed by atoms with van der Waals surface area (Å²) < 4.78 is 15.3. The highest BCUT2D eigenvalue weighted by molar-refractivity contribution is 5.95. The number of piperidine rings is 1. The summed E-state index contributed by atoms with van der Waals surface area (Å²) in [5.41, 5.74) is 3.47. The highest BCUT2D eigenvalue weighted by Crippen LogP contribution is 2.29. The Hall–Kier alpha value is -2.84. The standard InChI is InChI=1S/C25H31FN6O/c1-30-23(16-31-8-3-2-4-9-31)22(14-28-30)18-5-6-19-13-27-24(12-20(19)11-18)29-25(33)17-32-10-7-21(26)15-32/h5-6,11-14,21H,2-4,7-10,15-17H2,1H3,(H,27,29,33)/t21-/m1/s1. The van der Waals surface area contributed by atoms with Gasteiger partial charge in [0.15, 0.2) is 0 Å². The van der Waals surface area contributed by atoms with Gasteiger partial charge < -0.3 is 5.32 Å². The molecule has 0 spiro atoms. The van der Waals surface area contributed by atoms with E-state index in [9.17, 15) is 9.18 Å². The number of pyridine rings is 1. The van der Waals surface area contributed by atoms with Crippen molar-refractivity contribution in [3.05, 3.63) is 42.4 Å². The van der Waals surface area contributed by atoms with E-state index in [0.717, 1.165) is 41.5 Å². The Morgan fingerprint density at radius 2 is 1.94 bits per heavy atom. The predicted octanol–water partition coefficient (Wildman–Crippen LogP) is 3.60. The Morgan fingerprint density at radius 1 is 1.09 bits per heavy atom. The number of carbonyl (C=O) groups is 1. The maximum absolute atomic E-state index is 13.4. The van der Waals surface area contributed by atoms with Gasteiger partial charge in [-0.05, 0) is 55.4 Å². The van der Waals surface area contributed by atoms with E-state index in [1.807, 2.05) is 28.9 Å². The Labute approximate surface area is 193 Å². The van der Waals surface area contributed by atoms with Gasteiger partial charge in [0.1, 0.15) is 12.0 Å². The van der Waals surface area contributed by atoms with Crippen molar-refractivity contribution in [2.75, 3.05) is 38.0 Å². The molecule has 7 nitrogen and oxygen atoms in total.